The van der Waals surface area contributed by atoms with E-state index in [9.17, 15) is 9.90 Å². The zero-order valence-electron chi connectivity index (χ0n) is 21.1. The van der Waals surface area contributed by atoms with Crippen LogP contribution >= 0.6 is 11.3 Å². The van der Waals surface area contributed by atoms with Crippen molar-refractivity contribution in [3.05, 3.63) is 70.6 Å². The van der Waals surface area contributed by atoms with Crippen molar-refractivity contribution >= 4 is 33.8 Å². The first kappa shape index (κ1) is 24.4. The second kappa shape index (κ2) is 9.10. The second-order valence-corrected chi connectivity index (χ2v) is 11.2. The standard InChI is InChI=1S/C28H27FN6O2S/c1-4-22(37)35-14-28(15-35)9-11-34(13-28)26-25(30-3)23(19-6-5-7-21(36)24(19)29)18-8-10-33(12-20(18)32-26)27-17(2)31-16-38-27/h4-7,16,36H,1,8-15H2,2H3. The molecular formula is C28H27FN6O2S. The Morgan fingerprint density at radius 3 is 2.82 bits per heavy atom. The summed E-state index contributed by atoms with van der Waals surface area (Å²) in [5, 5.41) is 11.3. The van der Waals surface area contributed by atoms with Gasteiger partial charge in [0, 0.05) is 43.7 Å². The van der Waals surface area contributed by atoms with Crippen molar-refractivity contribution in [1.29, 1.82) is 0 Å². The van der Waals surface area contributed by atoms with E-state index >= 15 is 4.39 Å². The van der Waals surface area contributed by atoms with Gasteiger partial charge in [0.15, 0.2) is 11.6 Å². The lowest BCUT2D eigenvalue weighted by Crippen LogP contribution is -2.59. The highest BCUT2D eigenvalue weighted by Crippen LogP contribution is 2.48. The van der Waals surface area contributed by atoms with Gasteiger partial charge in [-0.3, -0.25) is 4.79 Å². The molecule has 0 atom stereocenters. The number of anilines is 2. The van der Waals surface area contributed by atoms with Gasteiger partial charge in [0.25, 0.3) is 0 Å². The number of fused-ring (bicyclic) bond motifs is 1. The van der Waals surface area contributed by atoms with E-state index in [1.807, 2.05) is 12.4 Å². The lowest BCUT2D eigenvalue weighted by atomic mass is 9.79. The lowest BCUT2D eigenvalue weighted by Gasteiger charge is -2.47. The number of aryl methyl sites for hydroxylation is 1. The Bertz CT molecular complexity index is 1510. The number of benzene rings is 1. The van der Waals surface area contributed by atoms with Crippen LogP contribution in [0.4, 0.5) is 20.9 Å². The fraction of sp³-hybridized carbons (Fsp3) is 0.357. The number of thiazole rings is 1. The van der Waals surface area contributed by atoms with Gasteiger partial charge in [-0.1, -0.05) is 18.7 Å². The van der Waals surface area contributed by atoms with Gasteiger partial charge in [-0.25, -0.2) is 19.2 Å². The number of likely N-dealkylation sites (tertiary alicyclic amines) is 1. The Labute approximate surface area is 224 Å². The number of pyridine rings is 1. The van der Waals surface area contributed by atoms with Gasteiger partial charge in [0.2, 0.25) is 11.6 Å². The van der Waals surface area contributed by atoms with Gasteiger partial charge in [-0.2, -0.15) is 0 Å². The summed E-state index contributed by atoms with van der Waals surface area (Å²) in [7, 11) is 0. The van der Waals surface area contributed by atoms with Crippen molar-refractivity contribution < 1.29 is 14.3 Å². The van der Waals surface area contributed by atoms with E-state index < -0.39 is 11.6 Å². The van der Waals surface area contributed by atoms with Crippen molar-refractivity contribution in [1.82, 2.24) is 14.9 Å². The van der Waals surface area contributed by atoms with Crippen LogP contribution in [-0.4, -0.2) is 58.6 Å². The number of aromatic hydroxyl groups is 1. The average molecular weight is 531 g/mol. The van der Waals surface area contributed by atoms with E-state index in [0.717, 1.165) is 28.4 Å². The summed E-state index contributed by atoms with van der Waals surface area (Å²) in [4.78, 5) is 31.5. The molecule has 8 nitrogen and oxygen atoms in total. The van der Waals surface area contributed by atoms with Crippen LogP contribution in [0.25, 0.3) is 16.0 Å². The lowest BCUT2D eigenvalue weighted by molar-refractivity contribution is -0.136. The number of carbonyl (C=O) groups excluding carboxylic acids is 1. The van der Waals surface area contributed by atoms with E-state index in [1.165, 1.54) is 12.1 Å². The van der Waals surface area contributed by atoms with Gasteiger partial charge < -0.3 is 19.8 Å². The molecule has 3 aliphatic heterocycles. The monoisotopic (exact) mass is 530 g/mol. The van der Waals surface area contributed by atoms with E-state index in [-0.39, 0.29) is 16.9 Å². The molecule has 0 saturated carbocycles. The molecule has 1 aromatic carbocycles. The number of carbonyl (C=O) groups is 1. The predicted molar refractivity (Wildman–Crippen MR) is 145 cm³/mol. The van der Waals surface area contributed by atoms with Crippen LogP contribution in [0.15, 0.2) is 36.4 Å². The highest BCUT2D eigenvalue weighted by Gasteiger charge is 2.49. The molecule has 0 aliphatic carbocycles. The minimum absolute atomic E-state index is 0.0439. The highest BCUT2D eigenvalue weighted by molar-refractivity contribution is 7.14. The number of halogens is 1. The molecule has 38 heavy (non-hydrogen) atoms. The molecule has 2 saturated heterocycles. The molecule has 0 radical (unpaired) electrons. The second-order valence-electron chi connectivity index (χ2n) is 10.3. The fourth-order valence-electron chi connectivity index (χ4n) is 6.08. The number of amides is 1. The quantitative estimate of drug-likeness (QED) is 0.389. The summed E-state index contributed by atoms with van der Waals surface area (Å²) in [6.45, 7) is 17.6. The van der Waals surface area contributed by atoms with Crippen molar-refractivity contribution in [2.45, 2.75) is 26.3 Å². The SMILES string of the molecule is [C-]#[N+]c1c(N2CCC3(CN(C(=O)C=C)C3)C2)nc2c(c1-c1cccc(O)c1F)CCN(c1scnc1C)C2. The molecule has 10 heteroatoms. The number of phenols is 1. The molecule has 3 aliphatic rings. The third-order valence-corrected chi connectivity index (χ3v) is 8.94. The maximum Gasteiger partial charge on any atom is 0.245 e. The molecule has 6 rings (SSSR count). The number of rotatable bonds is 4. The summed E-state index contributed by atoms with van der Waals surface area (Å²) < 4.78 is 15.3. The highest BCUT2D eigenvalue weighted by atomic mass is 32.1. The Hall–Kier alpha value is -3.97. The molecule has 2 fully saturated rings. The summed E-state index contributed by atoms with van der Waals surface area (Å²) in [5.41, 5.74) is 5.46. The maximum absolute atomic E-state index is 15.3. The van der Waals surface area contributed by atoms with E-state index in [4.69, 9.17) is 11.6 Å². The van der Waals surface area contributed by atoms with Crippen LogP contribution in [0.1, 0.15) is 23.4 Å². The molecule has 1 spiro atoms. The first-order chi connectivity index (χ1) is 18.3. The van der Waals surface area contributed by atoms with Crippen molar-refractivity contribution in [2.75, 3.05) is 42.5 Å². The third-order valence-electron chi connectivity index (χ3n) is 7.96. The number of hydrogen-bond donors (Lipinski definition) is 1. The Morgan fingerprint density at radius 2 is 2.11 bits per heavy atom. The largest absolute Gasteiger partial charge is 0.505 e. The fourth-order valence-corrected chi connectivity index (χ4v) is 6.92. The molecule has 1 amide bonds. The maximum atomic E-state index is 15.3. The van der Waals surface area contributed by atoms with Gasteiger partial charge in [0.05, 0.1) is 30.0 Å². The predicted octanol–water partition coefficient (Wildman–Crippen LogP) is 4.70. The average Bonchev–Trinajstić information content (AvgIpc) is 3.54. The minimum atomic E-state index is -0.729. The van der Waals surface area contributed by atoms with Crippen molar-refractivity contribution in [3.63, 3.8) is 0 Å². The van der Waals surface area contributed by atoms with Crippen LogP contribution in [-0.2, 0) is 17.8 Å². The van der Waals surface area contributed by atoms with Gasteiger partial charge in [-0.05, 0) is 43.0 Å². The zero-order chi connectivity index (χ0) is 26.6. The van der Waals surface area contributed by atoms with Crippen LogP contribution in [0, 0.1) is 24.7 Å². The number of hydrogen-bond acceptors (Lipinski definition) is 7. The van der Waals surface area contributed by atoms with Crippen LogP contribution in [0.2, 0.25) is 0 Å². The van der Waals surface area contributed by atoms with Crippen molar-refractivity contribution in [3.8, 4) is 16.9 Å². The molecule has 0 bridgehead atoms. The smallest absolute Gasteiger partial charge is 0.245 e. The summed E-state index contributed by atoms with van der Waals surface area (Å²) >= 11 is 1.58. The molecule has 5 heterocycles. The zero-order valence-corrected chi connectivity index (χ0v) is 21.9. The molecule has 3 aromatic rings. The van der Waals surface area contributed by atoms with Gasteiger partial charge in [-0.15, -0.1) is 11.3 Å². The van der Waals surface area contributed by atoms with Gasteiger partial charge in [0.1, 0.15) is 10.8 Å². The normalized spacial score (nSPS) is 17.8. The Kier molecular flexibility index (Phi) is 5.83. The summed E-state index contributed by atoms with van der Waals surface area (Å²) in [6, 6.07) is 4.55. The van der Waals surface area contributed by atoms with Crippen LogP contribution in [0.3, 0.4) is 0 Å². The third kappa shape index (κ3) is 3.80. The molecule has 0 unspecified atom stereocenters. The Morgan fingerprint density at radius 1 is 1.29 bits per heavy atom. The van der Waals surface area contributed by atoms with Crippen molar-refractivity contribution in [2.24, 2.45) is 5.41 Å². The summed E-state index contributed by atoms with van der Waals surface area (Å²) in [5.74, 6) is -0.689. The van der Waals surface area contributed by atoms with Crippen LogP contribution < -0.4 is 9.80 Å². The first-order valence-corrected chi connectivity index (χ1v) is 13.4. The number of nitrogens with zero attached hydrogens (tertiary/aromatic N) is 6. The molecule has 194 valence electrons. The van der Waals surface area contributed by atoms with E-state index in [1.54, 1.807) is 28.4 Å². The molecular weight excluding hydrogens is 503 g/mol. The molecule has 2 aromatic heterocycles. The van der Waals surface area contributed by atoms with E-state index in [2.05, 4.69) is 26.2 Å². The topological polar surface area (TPSA) is 77.2 Å². The number of aromatic nitrogens is 2. The number of phenolic OH excluding ortho intramolecular Hbond substituents is 1. The Balaban J connectivity index is 1.44. The molecule has 1 N–H and O–H groups in total. The van der Waals surface area contributed by atoms with Gasteiger partial charge >= 0.3 is 0 Å². The summed E-state index contributed by atoms with van der Waals surface area (Å²) in [6.07, 6.45) is 2.82. The minimum Gasteiger partial charge on any atom is -0.505 e. The van der Waals surface area contributed by atoms with E-state index in [0.29, 0.717) is 62.8 Å². The first-order valence-electron chi connectivity index (χ1n) is 12.6. The van der Waals surface area contributed by atoms with Crippen LogP contribution in [0.5, 0.6) is 5.75 Å².